The van der Waals surface area contributed by atoms with Gasteiger partial charge in [0.05, 0.1) is 6.54 Å². The Bertz CT molecular complexity index is 193. The van der Waals surface area contributed by atoms with Gasteiger partial charge in [0.15, 0.2) is 5.84 Å². The van der Waals surface area contributed by atoms with Gasteiger partial charge < -0.3 is 21.2 Å². The third-order valence-corrected chi connectivity index (χ3v) is 1.40. The smallest absolute Gasteiger partial charge is 0.317 e. The molecule has 0 aliphatic carbocycles. The number of carbonyl (C=O) groups is 1. The van der Waals surface area contributed by atoms with Crippen LogP contribution in [0.5, 0.6) is 0 Å². The lowest BCUT2D eigenvalue weighted by atomic mass is 10.5. The molecule has 0 fully saturated rings. The number of rotatable bonds is 4. The van der Waals surface area contributed by atoms with Gasteiger partial charge >= 0.3 is 6.03 Å². The monoisotopic (exact) mass is 188 g/mol. The van der Waals surface area contributed by atoms with Gasteiger partial charge in [0.25, 0.3) is 0 Å². The Balaban J connectivity index is 3.82. The van der Waals surface area contributed by atoms with E-state index in [9.17, 15) is 4.79 Å². The van der Waals surface area contributed by atoms with Crippen molar-refractivity contribution in [2.24, 2.45) is 10.9 Å². The Labute approximate surface area is 77.4 Å². The third-order valence-electron chi connectivity index (χ3n) is 1.40. The lowest BCUT2D eigenvalue weighted by molar-refractivity contribution is 0.213. The molecule has 0 aromatic rings. The van der Waals surface area contributed by atoms with Crippen LogP contribution in [-0.4, -0.2) is 42.1 Å². The van der Waals surface area contributed by atoms with Crippen LogP contribution in [0.3, 0.4) is 0 Å². The number of amidine groups is 1. The SMILES string of the molecule is CCCNC(=O)N(C)CC(N)=NO. The predicted molar refractivity (Wildman–Crippen MR) is 49.7 cm³/mol. The first-order chi connectivity index (χ1) is 6.11. The van der Waals surface area contributed by atoms with Gasteiger partial charge in [0.1, 0.15) is 0 Å². The van der Waals surface area contributed by atoms with E-state index in [0.717, 1.165) is 6.42 Å². The zero-order chi connectivity index (χ0) is 10.3. The first-order valence-electron chi connectivity index (χ1n) is 4.07. The molecular weight excluding hydrogens is 172 g/mol. The minimum Gasteiger partial charge on any atom is -0.409 e. The number of oxime groups is 1. The summed E-state index contributed by atoms with van der Waals surface area (Å²) < 4.78 is 0. The van der Waals surface area contributed by atoms with Gasteiger partial charge in [-0.05, 0) is 6.42 Å². The van der Waals surface area contributed by atoms with E-state index in [-0.39, 0.29) is 18.4 Å². The van der Waals surface area contributed by atoms with Gasteiger partial charge in [-0.15, -0.1) is 0 Å². The van der Waals surface area contributed by atoms with Crippen molar-refractivity contribution in [1.82, 2.24) is 10.2 Å². The number of hydrogen-bond donors (Lipinski definition) is 3. The predicted octanol–water partition coefficient (Wildman–Crippen LogP) is -0.216. The molecule has 0 unspecified atom stereocenters. The van der Waals surface area contributed by atoms with Crippen LogP contribution in [0.1, 0.15) is 13.3 Å². The Hall–Kier alpha value is -1.46. The molecule has 0 aliphatic heterocycles. The Morgan fingerprint density at radius 3 is 2.77 bits per heavy atom. The van der Waals surface area contributed by atoms with Gasteiger partial charge in [-0.25, -0.2) is 4.79 Å². The average molecular weight is 188 g/mol. The van der Waals surface area contributed by atoms with Crippen LogP contribution in [-0.2, 0) is 0 Å². The maximum Gasteiger partial charge on any atom is 0.317 e. The van der Waals surface area contributed by atoms with E-state index in [0.29, 0.717) is 6.54 Å². The summed E-state index contributed by atoms with van der Waals surface area (Å²) in [6.07, 6.45) is 0.878. The summed E-state index contributed by atoms with van der Waals surface area (Å²) in [7, 11) is 1.57. The molecule has 0 spiro atoms. The van der Waals surface area contributed by atoms with Crippen molar-refractivity contribution in [3.05, 3.63) is 0 Å². The van der Waals surface area contributed by atoms with Gasteiger partial charge in [-0.2, -0.15) is 0 Å². The van der Waals surface area contributed by atoms with Gasteiger partial charge in [-0.3, -0.25) is 0 Å². The van der Waals surface area contributed by atoms with Crippen molar-refractivity contribution in [3.8, 4) is 0 Å². The summed E-state index contributed by atoms with van der Waals surface area (Å²) >= 11 is 0. The average Bonchev–Trinajstić information content (AvgIpc) is 2.13. The molecular formula is C7H16N4O2. The molecule has 0 aromatic carbocycles. The van der Waals surface area contributed by atoms with E-state index in [4.69, 9.17) is 10.9 Å². The van der Waals surface area contributed by atoms with E-state index >= 15 is 0 Å². The maximum absolute atomic E-state index is 11.2. The summed E-state index contributed by atoms with van der Waals surface area (Å²) in [5, 5.41) is 13.7. The normalized spacial score (nSPS) is 11.1. The fourth-order valence-electron chi connectivity index (χ4n) is 0.713. The van der Waals surface area contributed by atoms with E-state index in [1.54, 1.807) is 7.05 Å². The maximum atomic E-state index is 11.2. The Morgan fingerprint density at radius 1 is 1.69 bits per heavy atom. The molecule has 0 aromatic heterocycles. The zero-order valence-corrected chi connectivity index (χ0v) is 7.95. The van der Waals surface area contributed by atoms with Crippen molar-refractivity contribution >= 4 is 11.9 Å². The summed E-state index contributed by atoms with van der Waals surface area (Å²) in [4.78, 5) is 12.5. The van der Waals surface area contributed by atoms with E-state index in [2.05, 4.69) is 10.5 Å². The van der Waals surface area contributed by atoms with Crippen molar-refractivity contribution < 1.29 is 10.0 Å². The largest absolute Gasteiger partial charge is 0.409 e. The Kier molecular flexibility index (Phi) is 5.42. The number of nitrogens with zero attached hydrogens (tertiary/aromatic N) is 2. The highest BCUT2D eigenvalue weighted by Crippen LogP contribution is 1.84. The lowest BCUT2D eigenvalue weighted by Crippen LogP contribution is -2.42. The highest BCUT2D eigenvalue weighted by Gasteiger charge is 2.08. The fourth-order valence-corrected chi connectivity index (χ4v) is 0.713. The highest BCUT2D eigenvalue weighted by molar-refractivity contribution is 5.86. The molecule has 76 valence electrons. The molecule has 2 amide bonds. The van der Waals surface area contributed by atoms with Crippen molar-refractivity contribution in [2.75, 3.05) is 20.1 Å². The van der Waals surface area contributed by atoms with Crippen molar-refractivity contribution in [1.29, 1.82) is 0 Å². The van der Waals surface area contributed by atoms with Crippen LogP contribution in [0.4, 0.5) is 4.79 Å². The van der Waals surface area contributed by atoms with Crippen LogP contribution < -0.4 is 11.1 Å². The third kappa shape index (κ3) is 4.89. The van der Waals surface area contributed by atoms with Crippen LogP contribution in [0.25, 0.3) is 0 Å². The summed E-state index contributed by atoms with van der Waals surface area (Å²) in [6.45, 7) is 2.70. The molecule has 0 atom stereocenters. The molecule has 0 bridgehead atoms. The number of hydrogen-bond acceptors (Lipinski definition) is 3. The second-order valence-corrected chi connectivity index (χ2v) is 2.68. The fraction of sp³-hybridized carbons (Fsp3) is 0.714. The topological polar surface area (TPSA) is 91.0 Å². The molecule has 0 saturated carbocycles. The number of likely N-dealkylation sites (N-methyl/N-ethyl adjacent to an activating group) is 1. The van der Waals surface area contributed by atoms with E-state index < -0.39 is 0 Å². The van der Waals surface area contributed by atoms with Crippen LogP contribution in [0.2, 0.25) is 0 Å². The molecule has 0 saturated heterocycles. The number of nitrogens with two attached hydrogens (primary N) is 1. The molecule has 13 heavy (non-hydrogen) atoms. The van der Waals surface area contributed by atoms with E-state index in [1.807, 2.05) is 6.92 Å². The molecule has 0 rings (SSSR count). The summed E-state index contributed by atoms with van der Waals surface area (Å²) in [5.74, 6) is 0.00847. The number of urea groups is 1. The first-order valence-corrected chi connectivity index (χ1v) is 4.07. The molecule has 6 nitrogen and oxygen atoms in total. The number of nitrogens with one attached hydrogen (secondary N) is 1. The molecule has 0 aliphatic rings. The quantitative estimate of drug-likeness (QED) is 0.246. The second-order valence-electron chi connectivity index (χ2n) is 2.68. The van der Waals surface area contributed by atoms with E-state index in [1.165, 1.54) is 4.90 Å². The second kappa shape index (κ2) is 6.10. The molecule has 6 heteroatoms. The van der Waals surface area contributed by atoms with Crippen molar-refractivity contribution in [3.63, 3.8) is 0 Å². The molecule has 0 heterocycles. The number of carbonyl (C=O) groups excluding carboxylic acids is 1. The molecule has 4 N–H and O–H groups in total. The number of amides is 2. The zero-order valence-electron chi connectivity index (χ0n) is 7.95. The summed E-state index contributed by atoms with van der Waals surface area (Å²) in [6, 6.07) is -0.228. The van der Waals surface area contributed by atoms with Gasteiger partial charge in [-0.1, -0.05) is 12.1 Å². The first kappa shape index (κ1) is 11.5. The molecule has 0 radical (unpaired) electrons. The highest BCUT2D eigenvalue weighted by atomic mass is 16.4. The minimum atomic E-state index is -0.228. The van der Waals surface area contributed by atoms with Crippen LogP contribution >= 0.6 is 0 Å². The standard InChI is InChI=1S/C7H16N4O2/c1-3-4-9-7(12)11(2)5-6(8)10-13/h13H,3-5H2,1-2H3,(H2,8,10)(H,9,12). The van der Waals surface area contributed by atoms with Gasteiger partial charge in [0, 0.05) is 13.6 Å². The Morgan fingerprint density at radius 2 is 2.31 bits per heavy atom. The van der Waals surface area contributed by atoms with Crippen LogP contribution in [0, 0.1) is 0 Å². The van der Waals surface area contributed by atoms with Crippen molar-refractivity contribution in [2.45, 2.75) is 13.3 Å². The van der Waals surface area contributed by atoms with Crippen LogP contribution in [0.15, 0.2) is 5.16 Å². The van der Waals surface area contributed by atoms with Gasteiger partial charge in [0.2, 0.25) is 0 Å². The summed E-state index contributed by atoms with van der Waals surface area (Å²) in [5.41, 5.74) is 5.22. The lowest BCUT2D eigenvalue weighted by Gasteiger charge is -2.16. The minimum absolute atomic E-state index is 0.00847.